The fraction of sp³-hybridized carbons (Fsp3) is 0.579. The Labute approximate surface area is 305 Å². The van der Waals surface area contributed by atoms with E-state index < -0.39 is 27.6 Å². The van der Waals surface area contributed by atoms with Crippen LogP contribution in [0.3, 0.4) is 0 Å². The fourth-order valence-electron chi connectivity index (χ4n) is 8.34. The van der Waals surface area contributed by atoms with Crippen molar-refractivity contribution in [2.45, 2.75) is 87.4 Å². The van der Waals surface area contributed by atoms with Crippen LogP contribution in [-0.4, -0.2) is 89.1 Å². The van der Waals surface area contributed by atoms with Crippen LogP contribution in [0.15, 0.2) is 53.4 Å². The van der Waals surface area contributed by atoms with Gasteiger partial charge in [0, 0.05) is 42.6 Å². The van der Waals surface area contributed by atoms with Crippen LogP contribution in [0.5, 0.6) is 5.75 Å². The maximum absolute atomic E-state index is 13.7. The van der Waals surface area contributed by atoms with E-state index in [4.69, 9.17) is 30.5 Å². The van der Waals surface area contributed by atoms with E-state index in [1.807, 2.05) is 25.1 Å². The van der Waals surface area contributed by atoms with Gasteiger partial charge in [-0.05, 0) is 113 Å². The molecule has 1 saturated heterocycles. The van der Waals surface area contributed by atoms with Crippen LogP contribution in [0.25, 0.3) is 0 Å². The van der Waals surface area contributed by atoms with Gasteiger partial charge in [-0.15, -0.1) is 0 Å². The molecule has 11 nitrogen and oxygen atoms in total. The lowest BCUT2D eigenvalue weighted by atomic mass is 9.68. The van der Waals surface area contributed by atoms with Gasteiger partial charge < -0.3 is 28.7 Å². The molecule has 2 aliphatic carbocycles. The highest BCUT2D eigenvalue weighted by atomic mass is 35.5. The van der Waals surface area contributed by atoms with Crippen LogP contribution in [0, 0.1) is 11.8 Å². The molecule has 5 aliphatic rings. The van der Waals surface area contributed by atoms with Crippen molar-refractivity contribution in [3.63, 3.8) is 0 Å². The first-order valence-electron chi connectivity index (χ1n) is 18.1. The third-order valence-electron chi connectivity index (χ3n) is 11.4. The average Bonchev–Trinajstić information content (AvgIpc) is 3.49. The molecule has 51 heavy (non-hydrogen) atoms. The number of carbonyl (C=O) groups excluding carboxylic acids is 2. The smallest absolute Gasteiger partial charge is 0.410 e. The first-order chi connectivity index (χ1) is 24.4. The highest BCUT2D eigenvalue weighted by Crippen LogP contribution is 2.47. The van der Waals surface area contributed by atoms with Crippen molar-refractivity contribution >= 4 is 39.3 Å². The van der Waals surface area contributed by atoms with Crippen molar-refractivity contribution in [2.24, 2.45) is 11.8 Å². The lowest BCUT2D eigenvalue weighted by Gasteiger charge is -2.46. The van der Waals surface area contributed by atoms with E-state index in [0.29, 0.717) is 55.9 Å². The van der Waals surface area contributed by atoms with Gasteiger partial charge >= 0.3 is 6.09 Å². The SMILES string of the molecule is CCO[C@H]1CCN(C(=O)O[C@H]2/C=C/COC(C)(C)C(=O)NS(=O)(=O)c3ccc4c(c3)N(C[C@@H]3CC[C@H]32)C[C@@]2(CCCc3cc(Cl)ccc32)CO4)C1. The molecule has 13 heteroatoms. The van der Waals surface area contributed by atoms with E-state index in [0.717, 1.165) is 38.5 Å². The number of fused-ring (bicyclic) bond motifs is 4. The summed E-state index contributed by atoms with van der Waals surface area (Å²) in [5.41, 5.74) is 1.25. The van der Waals surface area contributed by atoms with Gasteiger partial charge in [-0.3, -0.25) is 4.79 Å². The summed E-state index contributed by atoms with van der Waals surface area (Å²) >= 11 is 6.44. The zero-order valence-electron chi connectivity index (χ0n) is 29.6. The molecule has 2 bridgehead atoms. The minimum absolute atomic E-state index is 0.000578. The second-order valence-corrected chi connectivity index (χ2v) is 17.2. The second-order valence-electron chi connectivity index (χ2n) is 15.1. The van der Waals surface area contributed by atoms with Gasteiger partial charge in [0.05, 0.1) is 36.4 Å². The van der Waals surface area contributed by atoms with Crippen molar-refractivity contribution in [3.8, 4) is 5.75 Å². The zero-order valence-corrected chi connectivity index (χ0v) is 31.1. The van der Waals surface area contributed by atoms with E-state index >= 15 is 0 Å². The van der Waals surface area contributed by atoms with Crippen LogP contribution in [0.1, 0.15) is 64.0 Å². The number of carbonyl (C=O) groups is 2. The summed E-state index contributed by atoms with van der Waals surface area (Å²) in [4.78, 5) is 30.8. The molecule has 0 unspecified atom stereocenters. The molecule has 1 saturated carbocycles. The van der Waals surface area contributed by atoms with Crippen LogP contribution in [-0.2, 0) is 40.9 Å². The Hall–Kier alpha value is -3.32. The molecule has 5 atom stereocenters. The molecule has 1 N–H and O–H groups in total. The minimum atomic E-state index is -4.24. The normalized spacial score (nSPS) is 30.5. The number of amides is 2. The molecule has 2 fully saturated rings. The number of benzene rings is 2. The van der Waals surface area contributed by atoms with Gasteiger partial charge in [-0.2, -0.15) is 0 Å². The quantitative estimate of drug-likeness (QED) is 0.399. The molecular formula is C38H48ClN3O8S. The first kappa shape index (κ1) is 36.1. The second kappa shape index (κ2) is 14.2. The number of ether oxygens (including phenoxy) is 4. The number of likely N-dealkylation sites (tertiary alicyclic amines) is 1. The van der Waals surface area contributed by atoms with Crippen LogP contribution < -0.4 is 14.4 Å². The highest BCUT2D eigenvalue weighted by molar-refractivity contribution is 7.90. The first-order valence-corrected chi connectivity index (χ1v) is 20.0. The number of nitrogens with zero attached hydrogens (tertiary/aromatic N) is 2. The lowest BCUT2D eigenvalue weighted by Crippen LogP contribution is -2.50. The Bertz CT molecular complexity index is 1800. The number of rotatable bonds is 3. The summed E-state index contributed by atoms with van der Waals surface area (Å²) < 4.78 is 54.0. The van der Waals surface area contributed by atoms with Crippen molar-refractivity contribution < 1.29 is 37.0 Å². The molecule has 7 rings (SSSR count). The number of anilines is 1. The van der Waals surface area contributed by atoms with Gasteiger partial charge in [-0.25, -0.2) is 17.9 Å². The lowest BCUT2D eigenvalue weighted by molar-refractivity contribution is -0.139. The average molecular weight is 742 g/mol. The van der Waals surface area contributed by atoms with E-state index in [1.165, 1.54) is 31.0 Å². The number of hydrogen-bond donors (Lipinski definition) is 1. The summed E-state index contributed by atoms with van der Waals surface area (Å²) in [6, 6.07) is 10.9. The number of halogens is 1. The van der Waals surface area contributed by atoms with Gasteiger partial charge in [0.1, 0.15) is 17.5 Å². The summed E-state index contributed by atoms with van der Waals surface area (Å²) in [7, 11) is -4.24. The molecular weight excluding hydrogens is 694 g/mol. The van der Waals surface area contributed by atoms with E-state index in [9.17, 15) is 18.0 Å². The standard InChI is InChI=1S/C38H48ClN3O8S/c1-4-47-28-15-17-41(22-28)36(44)50-33-8-6-18-49-37(2,3)35(43)40-51(45,46)29-11-14-34-32(20-29)42(21-26-9-12-30(26)33)23-38(24-48-34)16-5-7-25-19-27(39)10-13-31(25)38/h6,8,10-11,13-14,19-20,26,28,30,33H,4-5,7,9,12,15-18,21-24H2,1-3H3,(H,40,43)/b8-6+/t26-,28-,30+,33-,38-/m0/s1. The zero-order chi connectivity index (χ0) is 36.0. The summed E-state index contributed by atoms with van der Waals surface area (Å²) in [6.07, 6.45) is 8.09. The summed E-state index contributed by atoms with van der Waals surface area (Å²) in [5.74, 6) is -0.0432. The Morgan fingerprint density at radius 1 is 1.12 bits per heavy atom. The maximum Gasteiger partial charge on any atom is 0.410 e. The number of hydrogen-bond acceptors (Lipinski definition) is 9. The molecule has 2 aromatic rings. The largest absolute Gasteiger partial charge is 0.490 e. The van der Waals surface area contributed by atoms with Gasteiger partial charge in [0.15, 0.2) is 0 Å². The molecule has 0 aromatic heterocycles. The summed E-state index contributed by atoms with van der Waals surface area (Å²) in [6.45, 7) is 8.31. The van der Waals surface area contributed by atoms with Crippen LogP contribution in [0.4, 0.5) is 10.5 Å². The minimum Gasteiger partial charge on any atom is -0.490 e. The van der Waals surface area contributed by atoms with Gasteiger partial charge in [-0.1, -0.05) is 23.7 Å². The number of aryl methyl sites for hydroxylation is 1. The molecule has 1 spiro atoms. The molecule has 3 aliphatic heterocycles. The van der Waals surface area contributed by atoms with Crippen molar-refractivity contribution in [3.05, 3.63) is 64.7 Å². The Balaban J connectivity index is 1.25. The Morgan fingerprint density at radius 2 is 1.96 bits per heavy atom. The number of sulfonamides is 1. The topological polar surface area (TPSA) is 124 Å². The fourth-order valence-corrected chi connectivity index (χ4v) is 9.66. The maximum atomic E-state index is 13.7. The number of nitrogens with one attached hydrogen (secondary N) is 1. The van der Waals surface area contributed by atoms with Crippen molar-refractivity contribution in [1.29, 1.82) is 0 Å². The predicted octanol–water partition coefficient (Wildman–Crippen LogP) is 5.63. The molecule has 276 valence electrons. The van der Waals surface area contributed by atoms with E-state index in [-0.39, 0.29) is 41.0 Å². The summed E-state index contributed by atoms with van der Waals surface area (Å²) in [5, 5.41) is 0.701. The van der Waals surface area contributed by atoms with Crippen molar-refractivity contribution in [2.75, 3.05) is 50.9 Å². The predicted molar refractivity (Wildman–Crippen MR) is 193 cm³/mol. The molecule has 3 heterocycles. The van der Waals surface area contributed by atoms with Crippen molar-refractivity contribution in [1.82, 2.24) is 9.62 Å². The highest BCUT2D eigenvalue weighted by Gasteiger charge is 2.45. The van der Waals surface area contributed by atoms with E-state index in [2.05, 4.69) is 15.7 Å². The van der Waals surface area contributed by atoms with Gasteiger partial charge in [0.2, 0.25) is 0 Å². The molecule has 2 aromatic carbocycles. The molecule has 2 amide bonds. The van der Waals surface area contributed by atoms with Crippen LogP contribution in [0.2, 0.25) is 5.02 Å². The Morgan fingerprint density at radius 3 is 2.75 bits per heavy atom. The third kappa shape index (κ3) is 7.34. The monoisotopic (exact) mass is 741 g/mol. The van der Waals surface area contributed by atoms with Crippen LogP contribution >= 0.6 is 11.6 Å². The van der Waals surface area contributed by atoms with Gasteiger partial charge in [0.25, 0.3) is 15.9 Å². The van der Waals surface area contributed by atoms with E-state index in [1.54, 1.807) is 23.1 Å². The third-order valence-corrected chi connectivity index (χ3v) is 12.9. The molecule has 0 radical (unpaired) electrons. The Kier molecular flexibility index (Phi) is 10.1.